The monoisotopic (exact) mass is 216 g/mol. The van der Waals surface area contributed by atoms with Gasteiger partial charge in [-0.15, -0.1) is 0 Å². The van der Waals surface area contributed by atoms with E-state index in [2.05, 4.69) is 10.3 Å². The van der Waals surface area contributed by atoms with Gasteiger partial charge in [0, 0.05) is 18.0 Å². The summed E-state index contributed by atoms with van der Waals surface area (Å²) in [6.45, 7) is 1.95. The molecule has 0 saturated heterocycles. The lowest BCUT2D eigenvalue weighted by molar-refractivity contribution is 0.318. The van der Waals surface area contributed by atoms with E-state index in [9.17, 15) is 0 Å². The molecular weight excluding hydrogens is 204 g/mol. The second-order valence-corrected chi connectivity index (χ2v) is 3.44. The van der Waals surface area contributed by atoms with Crippen LogP contribution in [0.15, 0.2) is 41.8 Å². The standard InChI is InChI=1S/C11H12N4O/c1-8-7-9(11(12)14-16)3-4-10(8)15-6-2-5-13-15/h2-7,16H,1H3,(H2,12,14). The van der Waals surface area contributed by atoms with Crippen molar-refractivity contribution in [3.05, 3.63) is 47.8 Å². The van der Waals surface area contributed by atoms with Crippen LogP contribution in [0.4, 0.5) is 0 Å². The summed E-state index contributed by atoms with van der Waals surface area (Å²) in [5.41, 5.74) is 8.18. The van der Waals surface area contributed by atoms with E-state index in [1.54, 1.807) is 16.9 Å². The van der Waals surface area contributed by atoms with Crippen LogP contribution in [-0.4, -0.2) is 20.8 Å². The zero-order chi connectivity index (χ0) is 11.5. The molecule has 2 aromatic rings. The zero-order valence-corrected chi connectivity index (χ0v) is 8.83. The van der Waals surface area contributed by atoms with Crippen molar-refractivity contribution in [1.82, 2.24) is 9.78 Å². The van der Waals surface area contributed by atoms with Gasteiger partial charge in [-0.25, -0.2) is 4.68 Å². The number of benzene rings is 1. The summed E-state index contributed by atoms with van der Waals surface area (Å²) in [5, 5.41) is 15.7. The van der Waals surface area contributed by atoms with Gasteiger partial charge < -0.3 is 10.9 Å². The van der Waals surface area contributed by atoms with Crippen LogP contribution in [0.1, 0.15) is 11.1 Å². The van der Waals surface area contributed by atoms with Gasteiger partial charge in [0.25, 0.3) is 0 Å². The average Bonchev–Trinajstić information content (AvgIpc) is 2.81. The molecule has 1 aromatic carbocycles. The molecule has 0 spiro atoms. The largest absolute Gasteiger partial charge is 0.409 e. The molecule has 0 radical (unpaired) electrons. The normalized spacial score (nSPS) is 11.7. The Labute approximate surface area is 92.8 Å². The summed E-state index contributed by atoms with van der Waals surface area (Å²) in [7, 11) is 0. The molecule has 1 heterocycles. The van der Waals surface area contributed by atoms with E-state index in [0.717, 1.165) is 11.3 Å². The quantitative estimate of drug-likeness (QED) is 0.343. The lowest BCUT2D eigenvalue weighted by Gasteiger charge is -2.07. The van der Waals surface area contributed by atoms with Gasteiger partial charge in [-0.3, -0.25) is 0 Å². The Kier molecular flexibility index (Phi) is 2.59. The molecule has 0 atom stereocenters. The average molecular weight is 216 g/mol. The fraction of sp³-hybridized carbons (Fsp3) is 0.0909. The van der Waals surface area contributed by atoms with Gasteiger partial charge in [-0.05, 0) is 36.8 Å². The number of aryl methyl sites for hydroxylation is 1. The highest BCUT2D eigenvalue weighted by atomic mass is 16.4. The van der Waals surface area contributed by atoms with Crippen LogP contribution >= 0.6 is 0 Å². The van der Waals surface area contributed by atoms with Gasteiger partial charge in [0.2, 0.25) is 0 Å². The molecule has 0 bridgehead atoms. The molecule has 0 saturated carbocycles. The van der Waals surface area contributed by atoms with Crippen LogP contribution in [0.2, 0.25) is 0 Å². The molecule has 82 valence electrons. The number of nitrogens with two attached hydrogens (primary N) is 1. The first-order valence-electron chi connectivity index (χ1n) is 4.81. The number of rotatable bonds is 2. The summed E-state index contributed by atoms with van der Waals surface area (Å²) in [6, 6.07) is 7.39. The third kappa shape index (κ3) is 1.75. The third-order valence-electron chi connectivity index (χ3n) is 2.35. The molecular formula is C11H12N4O. The molecule has 0 aliphatic rings. The SMILES string of the molecule is Cc1cc(/C(N)=N/O)ccc1-n1cccn1. The number of aromatic nitrogens is 2. The molecule has 5 nitrogen and oxygen atoms in total. The van der Waals surface area contributed by atoms with Crippen molar-refractivity contribution in [3.63, 3.8) is 0 Å². The molecule has 0 amide bonds. The second-order valence-electron chi connectivity index (χ2n) is 3.44. The van der Waals surface area contributed by atoms with Gasteiger partial charge in [-0.1, -0.05) is 5.16 Å². The molecule has 0 fully saturated rings. The molecule has 2 rings (SSSR count). The zero-order valence-electron chi connectivity index (χ0n) is 8.83. The van der Waals surface area contributed by atoms with Gasteiger partial charge in [0.05, 0.1) is 5.69 Å². The first-order valence-corrected chi connectivity index (χ1v) is 4.81. The van der Waals surface area contributed by atoms with Crippen molar-refractivity contribution in [2.45, 2.75) is 6.92 Å². The van der Waals surface area contributed by atoms with E-state index >= 15 is 0 Å². The third-order valence-corrected chi connectivity index (χ3v) is 2.35. The Morgan fingerprint density at radius 2 is 2.31 bits per heavy atom. The van der Waals surface area contributed by atoms with E-state index in [0.29, 0.717) is 5.56 Å². The summed E-state index contributed by atoms with van der Waals surface area (Å²) >= 11 is 0. The summed E-state index contributed by atoms with van der Waals surface area (Å²) < 4.78 is 1.77. The highest BCUT2D eigenvalue weighted by Gasteiger charge is 2.04. The molecule has 0 unspecified atom stereocenters. The molecule has 0 aliphatic carbocycles. The predicted octanol–water partition coefficient (Wildman–Crippen LogP) is 1.28. The van der Waals surface area contributed by atoms with E-state index in [-0.39, 0.29) is 5.84 Å². The molecule has 1 aromatic heterocycles. The van der Waals surface area contributed by atoms with Gasteiger partial charge in [0.1, 0.15) is 0 Å². The Morgan fingerprint density at radius 1 is 1.50 bits per heavy atom. The highest BCUT2D eigenvalue weighted by molar-refractivity contribution is 5.97. The molecule has 16 heavy (non-hydrogen) atoms. The summed E-state index contributed by atoms with van der Waals surface area (Å²) in [5.74, 6) is 0.107. The Balaban J connectivity index is 2.45. The maximum atomic E-state index is 8.58. The maximum Gasteiger partial charge on any atom is 0.170 e. The Hall–Kier alpha value is -2.30. The van der Waals surface area contributed by atoms with Gasteiger partial charge in [-0.2, -0.15) is 5.10 Å². The number of amidine groups is 1. The van der Waals surface area contributed by atoms with Crippen LogP contribution in [0.25, 0.3) is 5.69 Å². The predicted molar refractivity (Wildman–Crippen MR) is 60.8 cm³/mol. The van der Waals surface area contributed by atoms with E-state index < -0.39 is 0 Å². The smallest absolute Gasteiger partial charge is 0.170 e. The maximum absolute atomic E-state index is 8.58. The molecule has 0 aliphatic heterocycles. The minimum absolute atomic E-state index is 0.107. The minimum Gasteiger partial charge on any atom is -0.409 e. The van der Waals surface area contributed by atoms with E-state index in [4.69, 9.17) is 10.9 Å². The highest BCUT2D eigenvalue weighted by Crippen LogP contribution is 2.14. The van der Waals surface area contributed by atoms with Gasteiger partial charge >= 0.3 is 0 Å². The van der Waals surface area contributed by atoms with Crippen molar-refractivity contribution < 1.29 is 5.21 Å². The first-order chi connectivity index (χ1) is 7.72. The fourth-order valence-electron chi connectivity index (χ4n) is 1.54. The number of nitrogens with zero attached hydrogens (tertiary/aromatic N) is 3. The van der Waals surface area contributed by atoms with Crippen molar-refractivity contribution in [3.8, 4) is 5.69 Å². The van der Waals surface area contributed by atoms with Crippen molar-refractivity contribution in [2.75, 3.05) is 0 Å². The molecule has 5 heteroatoms. The number of oxime groups is 1. The topological polar surface area (TPSA) is 76.4 Å². The number of hydrogen-bond donors (Lipinski definition) is 2. The van der Waals surface area contributed by atoms with E-state index in [1.807, 2.05) is 31.3 Å². The van der Waals surface area contributed by atoms with Crippen LogP contribution in [0.3, 0.4) is 0 Å². The summed E-state index contributed by atoms with van der Waals surface area (Å²) in [4.78, 5) is 0. The minimum atomic E-state index is 0.107. The van der Waals surface area contributed by atoms with Crippen LogP contribution < -0.4 is 5.73 Å². The summed E-state index contributed by atoms with van der Waals surface area (Å²) in [6.07, 6.45) is 3.59. The lowest BCUT2D eigenvalue weighted by atomic mass is 10.1. The fourth-order valence-corrected chi connectivity index (χ4v) is 1.54. The van der Waals surface area contributed by atoms with E-state index in [1.165, 1.54) is 0 Å². The first kappa shape index (κ1) is 10.2. The van der Waals surface area contributed by atoms with Crippen molar-refractivity contribution in [2.24, 2.45) is 10.9 Å². The van der Waals surface area contributed by atoms with Crippen LogP contribution in [0, 0.1) is 6.92 Å². The lowest BCUT2D eigenvalue weighted by Crippen LogP contribution is -2.13. The van der Waals surface area contributed by atoms with Crippen LogP contribution in [-0.2, 0) is 0 Å². The Morgan fingerprint density at radius 3 is 2.88 bits per heavy atom. The second kappa shape index (κ2) is 4.06. The van der Waals surface area contributed by atoms with Gasteiger partial charge in [0.15, 0.2) is 5.84 Å². The van der Waals surface area contributed by atoms with Crippen molar-refractivity contribution >= 4 is 5.84 Å². The molecule has 3 N–H and O–H groups in total. The van der Waals surface area contributed by atoms with Crippen molar-refractivity contribution in [1.29, 1.82) is 0 Å². The number of hydrogen-bond acceptors (Lipinski definition) is 3. The van der Waals surface area contributed by atoms with Crippen LogP contribution in [0.5, 0.6) is 0 Å². The Bertz CT molecular complexity index is 517.